The smallest absolute Gasteiger partial charge is 0.177 e. The normalized spacial score (nSPS) is 30.7. The lowest BCUT2D eigenvalue weighted by Gasteiger charge is -2.41. The third-order valence-corrected chi connectivity index (χ3v) is 7.84. The van der Waals surface area contributed by atoms with E-state index in [9.17, 15) is 15.5 Å². The number of nitrogens with one attached hydrogen (secondary N) is 1. The van der Waals surface area contributed by atoms with Crippen LogP contribution in [0.3, 0.4) is 0 Å². The van der Waals surface area contributed by atoms with Crippen LogP contribution < -0.4 is 14.8 Å². The van der Waals surface area contributed by atoms with E-state index in [1.54, 1.807) is 18.3 Å². The van der Waals surface area contributed by atoms with Crippen molar-refractivity contribution in [3.8, 4) is 17.6 Å². The lowest BCUT2D eigenvalue weighted by molar-refractivity contribution is -0.152. The Morgan fingerprint density at radius 3 is 2.54 bits per heavy atom. The van der Waals surface area contributed by atoms with E-state index in [0.29, 0.717) is 40.8 Å². The zero-order valence-electron chi connectivity index (χ0n) is 19.4. The van der Waals surface area contributed by atoms with Crippen LogP contribution >= 0.6 is 0 Å². The van der Waals surface area contributed by atoms with Crippen molar-refractivity contribution in [2.24, 2.45) is 5.92 Å². The van der Waals surface area contributed by atoms with Gasteiger partial charge in [-0.2, -0.15) is 5.26 Å². The molecule has 0 amide bonds. The van der Waals surface area contributed by atoms with Gasteiger partial charge >= 0.3 is 0 Å². The van der Waals surface area contributed by atoms with E-state index in [2.05, 4.69) is 16.4 Å². The molecule has 2 fully saturated rings. The summed E-state index contributed by atoms with van der Waals surface area (Å²) in [6.07, 6.45) is 4.17. The van der Waals surface area contributed by atoms with Gasteiger partial charge < -0.3 is 25.0 Å². The van der Waals surface area contributed by atoms with E-state index in [4.69, 9.17) is 9.47 Å². The number of fused-ring (bicyclic) bond motifs is 3. The molecule has 5 atom stereocenters. The molecule has 0 spiro atoms. The van der Waals surface area contributed by atoms with Gasteiger partial charge in [-0.1, -0.05) is 42.5 Å². The third kappa shape index (κ3) is 3.04. The first-order valence-electron chi connectivity index (χ1n) is 12.0. The Bertz CT molecular complexity index is 1290. The number of aliphatic hydroxyl groups excluding tert-OH is 1. The molecule has 3 aromatic rings. The second kappa shape index (κ2) is 8.06. The Hall–Kier alpha value is -3.44. The molecule has 2 aliphatic carbocycles. The van der Waals surface area contributed by atoms with E-state index in [1.807, 2.05) is 42.5 Å². The fourth-order valence-corrected chi connectivity index (χ4v) is 6.14. The molecule has 0 bridgehead atoms. The van der Waals surface area contributed by atoms with Gasteiger partial charge in [0.2, 0.25) is 0 Å². The van der Waals surface area contributed by atoms with Gasteiger partial charge in [0.15, 0.2) is 11.2 Å². The predicted octanol–water partition coefficient (Wildman–Crippen LogP) is 2.96. The van der Waals surface area contributed by atoms with Crippen molar-refractivity contribution in [1.82, 2.24) is 10.3 Å². The summed E-state index contributed by atoms with van der Waals surface area (Å²) in [5.74, 6) is -0.0170. The van der Waals surface area contributed by atoms with Gasteiger partial charge in [0, 0.05) is 24.4 Å². The van der Waals surface area contributed by atoms with Gasteiger partial charge in [-0.05, 0) is 36.1 Å². The Morgan fingerprint density at radius 1 is 1.14 bits per heavy atom. The summed E-state index contributed by atoms with van der Waals surface area (Å²) in [6, 6.07) is 19.6. The van der Waals surface area contributed by atoms with Crippen molar-refractivity contribution in [3.63, 3.8) is 0 Å². The van der Waals surface area contributed by atoms with Gasteiger partial charge in [-0.15, -0.1) is 0 Å². The Labute approximate surface area is 204 Å². The predicted molar refractivity (Wildman–Crippen MR) is 128 cm³/mol. The van der Waals surface area contributed by atoms with E-state index in [-0.39, 0.29) is 5.92 Å². The van der Waals surface area contributed by atoms with Gasteiger partial charge in [-0.25, -0.2) is 0 Å². The highest BCUT2D eigenvalue weighted by atomic mass is 16.5. The number of pyridine rings is 1. The highest BCUT2D eigenvalue weighted by Crippen LogP contribution is 2.69. The topological polar surface area (TPSA) is 108 Å². The number of nitriles is 1. The van der Waals surface area contributed by atoms with Crippen LogP contribution in [0.25, 0.3) is 0 Å². The number of rotatable bonds is 6. The molecule has 2 aromatic carbocycles. The lowest BCUT2D eigenvalue weighted by Crippen LogP contribution is -2.52. The van der Waals surface area contributed by atoms with Crippen LogP contribution in [0.1, 0.15) is 41.0 Å². The molecule has 6 rings (SSSR count). The van der Waals surface area contributed by atoms with Gasteiger partial charge in [0.25, 0.3) is 0 Å². The number of benzene rings is 2. The molecule has 2 saturated carbocycles. The van der Waals surface area contributed by atoms with Crippen molar-refractivity contribution < 1.29 is 19.7 Å². The Kier molecular flexibility index (Phi) is 5.08. The summed E-state index contributed by atoms with van der Waals surface area (Å²) in [7, 11) is 1.52. The molecule has 1 aromatic heterocycles. The number of aliphatic hydroxyl groups is 2. The van der Waals surface area contributed by atoms with Crippen molar-refractivity contribution in [3.05, 3.63) is 89.2 Å². The monoisotopic (exact) mass is 469 g/mol. The summed E-state index contributed by atoms with van der Waals surface area (Å²) >= 11 is 0. The van der Waals surface area contributed by atoms with E-state index < -0.39 is 23.2 Å². The second-order valence-electron chi connectivity index (χ2n) is 9.69. The van der Waals surface area contributed by atoms with Crippen LogP contribution in [0.5, 0.6) is 11.5 Å². The molecule has 35 heavy (non-hydrogen) atoms. The summed E-state index contributed by atoms with van der Waals surface area (Å²) < 4.78 is 12.4. The van der Waals surface area contributed by atoms with E-state index >= 15 is 0 Å². The number of methoxy groups -OCH3 is 1. The maximum Gasteiger partial charge on any atom is 0.177 e. The fourth-order valence-electron chi connectivity index (χ4n) is 6.14. The van der Waals surface area contributed by atoms with Gasteiger partial charge in [-0.3, -0.25) is 4.98 Å². The van der Waals surface area contributed by atoms with Crippen molar-refractivity contribution in [2.45, 2.75) is 42.1 Å². The minimum Gasteiger partial charge on any atom is -0.495 e. The molecule has 3 N–H and O–H groups in total. The largest absolute Gasteiger partial charge is 0.495 e. The summed E-state index contributed by atoms with van der Waals surface area (Å²) in [5.41, 5.74) is -0.641. The quantitative estimate of drug-likeness (QED) is 0.509. The molecule has 0 saturated heterocycles. The Balaban J connectivity index is 1.62. The first kappa shape index (κ1) is 22.1. The maximum absolute atomic E-state index is 12.7. The van der Waals surface area contributed by atoms with E-state index in [1.165, 1.54) is 13.3 Å². The van der Waals surface area contributed by atoms with E-state index in [0.717, 1.165) is 18.4 Å². The fraction of sp³-hybridized carbons (Fsp3) is 0.357. The number of hydrogen-bond donors (Lipinski definition) is 3. The minimum absolute atomic E-state index is 0.357. The maximum atomic E-state index is 12.7. The SMILES string of the molecule is COc1cncc2c1[C@]1(O)[C@H](O)[C@H](CNC3CC3)[C@H](c3ccccc3)[C@]1(c1ccc(C#N)cc1)O2. The summed E-state index contributed by atoms with van der Waals surface area (Å²) in [5, 5.41) is 37.6. The number of ether oxygens (including phenoxy) is 2. The van der Waals surface area contributed by atoms with Crippen LogP contribution in [-0.2, 0) is 11.2 Å². The third-order valence-electron chi connectivity index (χ3n) is 7.84. The molecule has 0 radical (unpaired) electrons. The molecule has 0 unspecified atom stereocenters. The van der Waals surface area contributed by atoms with Crippen molar-refractivity contribution in [1.29, 1.82) is 5.26 Å². The average Bonchev–Trinajstić information content (AvgIpc) is 3.66. The highest BCUT2D eigenvalue weighted by molar-refractivity contribution is 5.59. The minimum atomic E-state index is -1.82. The molecule has 178 valence electrons. The van der Waals surface area contributed by atoms with Crippen molar-refractivity contribution in [2.75, 3.05) is 13.7 Å². The first-order valence-corrected chi connectivity index (χ1v) is 12.0. The van der Waals surface area contributed by atoms with Crippen LogP contribution in [0.2, 0.25) is 0 Å². The van der Waals surface area contributed by atoms with Gasteiger partial charge in [0.1, 0.15) is 11.5 Å². The molecule has 2 heterocycles. The molecule has 1 aliphatic heterocycles. The average molecular weight is 470 g/mol. The Morgan fingerprint density at radius 2 is 1.89 bits per heavy atom. The van der Waals surface area contributed by atoms with Crippen molar-refractivity contribution >= 4 is 0 Å². The first-order chi connectivity index (χ1) is 17.0. The van der Waals surface area contributed by atoms with Gasteiger partial charge in [0.05, 0.1) is 42.8 Å². The van der Waals surface area contributed by atoms with Crippen LogP contribution in [0.15, 0.2) is 67.0 Å². The number of hydrogen-bond acceptors (Lipinski definition) is 7. The molecular formula is C28H27N3O4. The highest BCUT2D eigenvalue weighted by Gasteiger charge is 2.76. The lowest BCUT2D eigenvalue weighted by atomic mass is 9.70. The zero-order chi connectivity index (χ0) is 24.2. The van der Waals surface area contributed by atoms with Crippen LogP contribution in [0, 0.1) is 17.2 Å². The molecule has 3 aliphatic rings. The standard InChI is InChI=1S/C28H27N3O4/c1-34-22-15-30-16-23-25(22)27(33)26(32)21(14-31-20-11-12-20)24(18-5-3-2-4-6-18)28(27,35-23)19-9-7-17(13-29)8-10-19/h2-10,15-16,20-21,24,26,31-33H,11-12,14H2,1H3/t21-,24+,26-,27+,28+/m1/s1. The number of nitrogens with zero attached hydrogens (tertiary/aromatic N) is 2. The molecular weight excluding hydrogens is 442 g/mol. The molecule has 7 nitrogen and oxygen atoms in total. The summed E-state index contributed by atoms with van der Waals surface area (Å²) in [6.45, 7) is 0.526. The zero-order valence-corrected chi connectivity index (χ0v) is 19.4. The molecule has 7 heteroatoms. The van der Waals surface area contributed by atoms with Crippen LogP contribution in [0.4, 0.5) is 0 Å². The second-order valence-corrected chi connectivity index (χ2v) is 9.69. The van der Waals surface area contributed by atoms with Crippen LogP contribution in [-0.4, -0.2) is 41.0 Å². The summed E-state index contributed by atoms with van der Waals surface area (Å²) in [4.78, 5) is 4.25. The number of aromatic nitrogens is 1.